The van der Waals surface area contributed by atoms with E-state index in [1.54, 1.807) is 6.33 Å². The third kappa shape index (κ3) is 1.34. The van der Waals surface area contributed by atoms with Crippen LogP contribution in [0.4, 0.5) is 0 Å². The van der Waals surface area contributed by atoms with Gasteiger partial charge in [-0.05, 0) is 0 Å². The van der Waals surface area contributed by atoms with Crippen molar-refractivity contribution in [3.63, 3.8) is 0 Å². The van der Waals surface area contributed by atoms with Crippen LogP contribution >= 0.6 is 0 Å². The number of nitrogens with one attached hydrogen (secondary N) is 2. The highest BCUT2D eigenvalue weighted by molar-refractivity contribution is 5.14. The highest BCUT2D eigenvalue weighted by atomic mass is 17.2. The third-order valence-electron chi connectivity index (χ3n) is 1.91. The van der Waals surface area contributed by atoms with Crippen molar-refractivity contribution >= 4 is 0 Å². The topological polar surface area (TPSA) is 59.2 Å². The molecule has 0 aromatic carbocycles. The van der Waals surface area contributed by atoms with Crippen LogP contribution in [-0.4, -0.2) is 23.3 Å². The lowest BCUT2D eigenvalue weighted by molar-refractivity contribution is -0.312. The molecule has 0 spiro atoms. The molecule has 0 saturated heterocycles. The van der Waals surface area contributed by atoms with Crippen molar-refractivity contribution < 1.29 is 9.78 Å². The van der Waals surface area contributed by atoms with Crippen molar-refractivity contribution in [2.75, 3.05) is 7.11 Å². The van der Waals surface area contributed by atoms with Crippen molar-refractivity contribution in [3.8, 4) is 0 Å². The number of nitrogens with zero attached hydrogens (tertiary/aromatic N) is 1. The summed E-state index contributed by atoms with van der Waals surface area (Å²) in [4.78, 5) is 16.7. The average Bonchev–Trinajstić information content (AvgIpc) is 2.51. The fourth-order valence-electron chi connectivity index (χ4n) is 1.33. The van der Waals surface area contributed by atoms with Crippen LogP contribution in [0.2, 0.25) is 0 Å². The Hall–Kier alpha value is -0.910. The Kier molecular flexibility index (Phi) is 2.07. The molecule has 0 fully saturated rings. The lowest BCUT2D eigenvalue weighted by Gasteiger charge is -2.20. The summed E-state index contributed by atoms with van der Waals surface area (Å²) >= 11 is 0. The van der Waals surface area contributed by atoms with Crippen LogP contribution in [0.3, 0.4) is 0 Å². The molecule has 5 nitrogen and oxygen atoms in total. The van der Waals surface area contributed by atoms with Gasteiger partial charge >= 0.3 is 0 Å². The molecule has 1 aromatic rings. The zero-order valence-electron chi connectivity index (χ0n) is 6.83. The predicted molar refractivity (Wildman–Crippen MR) is 41.0 cm³/mol. The van der Waals surface area contributed by atoms with Gasteiger partial charge in [0, 0.05) is 13.0 Å². The quantitative estimate of drug-likeness (QED) is 0.481. The maximum atomic E-state index is 4.94. The van der Waals surface area contributed by atoms with Gasteiger partial charge < -0.3 is 4.98 Å². The Morgan fingerprint density at radius 3 is 3.42 bits per heavy atom. The summed E-state index contributed by atoms with van der Waals surface area (Å²) in [6.45, 7) is 0.753. The summed E-state index contributed by atoms with van der Waals surface area (Å²) in [5.41, 5.74) is 2.18. The van der Waals surface area contributed by atoms with Gasteiger partial charge in [-0.1, -0.05) is 0 Å². The number of aromatic amines is 1. The monoisotopic (exact) mass is 169 g/mol. The minimum atomic E-state index is -0.0780. The van der Waals surface area contributed by atoms with E-state index in [2.05, 4.69) is 20.2 Å². The Balaban J connectivity index is 2.05. The first kappa shape index (κ1) is 7.72. The zero-order valence-corrected chi connectivity index (χ0v) is 6.83. The molecule has 1 aromatic heterocycles. The molecule has 1 aliphatic heterocycles. The van der Waals surface area contributed by atoms with E-state index < -0.39 is 0 Å². The van der Waals surface area contributed by atoms with Crippen molar-refractivity contribution in [2.45, 2.75) is 19.2 Å². The molecule has 0 radical (unpaired) electrons. The van der Waals surface area contributed by atoms with E-state index in [-0.39, 0.29) is 6.23 Å². The van der Waals surface area contributed by atoms with Crippen LogP contribution in [0, 0.1) is 0 Å². The minimum absolute atomic E-state index is 0.0780. The second-order valence-corrected chi connectivity index (χ2v) is 2.66. The summed E-state index contributed by atoms with van der Waals surface area (Å²) < 4.78 is 0. The summed E-state index contributed by atoms with van der Waals surface area (Å²) in [5.74, 6) is 0. The first-order valence-electron chi connectivity index (χ1n) is 3.84. The summed E-state index contributed by atoms with van der Waals surface area (Å²) in [7, 11) is 1.50. The van der Waals surface area contributed by atoms with E-state index in [4.69, 9.17) is 4.89 Å². The number of hydrogen-bond donors (Lipinski definition) is 2. The smallest absolute Gasteiger partial charge is 0.149 e. The standard InChI is InChI=1S/C7H11N3O2/c1-11-12-7-2-5-6(3-8-7)10-4-9-5/h4,7-8H,2-3H2,1H3,(H,9,10). The molecule has 0 aliphatic carbocycles. The van der Waals surface area contributed by atoms with Crippen molar-refractivity contribution in [3.05, 3.63) is 17.7 Å². The second kappa shape index (κ2) is 3.22. The first-order chi connectivity index (χ1) is 5.90. The maximum absolute atomic E-state index is 4.94. The van der Waals surface area contributed by atoms with Crippen LogP contribution in [-0.2, 0) is 22.7 Å². The predicted octanol–water partition coefficient (Wildman–Crippen LogP) is -0.0405. The summed E-state index contributed by atoms with van der Waals surface area (Å²) in [6, 6.07) is 0. The Labute approximate surface area is 70.0 Å². The number of rotatable bonds is 2. The SMILES string of the molecule is COOC1Cc2nc[nH]c2CN1. The van der Waals surface area contributed by atoms with E-state index in [0.717, 1.165) is 24.4 Å². The highest BCUT2D eigenvalue weighted by Crippen LogP contribution is 2.12. The molecule has 2 rings (SSSR count). The molecule has 0 amide bonds. The van der Waals surface area contributed by atoms with Crippen molar-refractivity contribution in [2.24, 2.45) is 0 Å². The molecule has 12 heavy (non-hydrogen) atoms. The van der Waals surface area contributed by atoms with Gasteiger partial charge in [0.15, 0.2) is 0 Å². The van der Waals surface area contributed by atoms with Crippen LogP contribution in [0.5, 0.6) is 0 Å². The zero-order chi connectivity index (χ0) is 8.39. The van der Waals surface area contributed by atoms with E-state index in [1.165, 1.54) is 7.11 Å². The third-order valence-corrected chi connectivity index (χ3v) is 1.91. The van der Waals surface area contributed by atoms with E-state index in [1.807, 2.05) is 0 Å². The second-order valence-electron chi connectivity index (χ2n) is 2.66. The van der Waals surface area contributed by atoms with Crippen LogP contribution in [0.15, 0.2) is 6.33 Å². The van der Waals surface area contributed by atoms with E-state index in [0.29, 0.717) is 0 Å². The van der Waals surface area contributed by atoms with Crippen molar-refractivity contribution in [1.29, 1.82) is 0 Å². The molecule has 2 N–H and O–H groups in total. The molecule has 0 bridgehead atoms. The number of hydrogen-bond acceptors (Lipinski definition) is 4. The van der Waals surface area contributed by atoms with Gasteiger partial charge in [0.2, 0.25) is 0 Å². The summed E-state index contributed by atoms with van der Waals surface area (Å²) in [6.07, 6.45) is 2.36. The van der Waals surface area contributed by atoms with Gasteiger partial charge in [-0.3, -0.25) is 5.32 Å². The van der Waals surface area contributed by atoms with Crippen molar-refractivity contribution in [1.82, 2.24) is 15.3 Å². The lowest BCUT2D eigenvalue weighted by atomic mass is 10.1. The van der Waals surface area contributed by atoms with Crippen LogP contribution < -0.4 is 5.32 Å². The fraction of sp³-hybridized carbons (Fsp3) is 0.571. The molecule has 1 unspecified atom stereocenters. The van der Waals surface area contributed by atoms with Gasteiger partial charge in [0.25, 0.3) is 0 Å². The Morgan fingerprint density at radius 1 is 1.67 bits per heavy atom. The molecule has 0 saturated carbocycles. The van der Waals surface area contributed by atoms with Crippen LogP contribution in [0.25, 0.3) is 0 Å². The molecular formula is C7H11N3O2. The van der Waals surface area contributed by atoms with Gasteiger partial charge in [-0.15, -0.1) is 0 Å². The average molecular weight is 169 g/mol. The maximum Gasteiger partial charge on any atom is 0.149 e. The number of imidazole rings is 1. The molecule has 5 heteroatoms. The molecular weight excluding hydrogens is 158 g/mol. The van der Waals surface area contributed by atoms with Gasteiger partial charge in [-0.25, -0.2) is 14.8 Å². The molecule has 1 aliphatic rings. The number of fused-ring (bicyclic) bond motifs is 1. The normalized spacial score (nSPS) is 22.2. The highest BCUT2D eigenvalue weighted by Gasteiger charge is 2.20. The number of aromatic nitrogens is 2. The minimum Gasteiger partial charge on any atom is -0.347 e. The molecule has 66 valence electrons. The van der Waals surface area contributed by atoms with Gasteiger partial charge in [0.05, 0.1) is 24.8 Å². The molecule has 2 heterocycles. The first-order valence-corrected chi connectivity index (χ1v) is 3.84. The van der Waals surface area contributed by atoms with Gasteiger partial charge in [0.1, 0.15) is 6.23 Å². The van der Waals surface area contributed by atoms with Gasteiger partial charge in [-0.2, -0.15) is 0 Å². The largest absolute Gasteiger partial charge is 0.347 e. The van der Waals surface area contributed by atoms with E-state index >= 15 is 0 Å². The summed E-state index contributed by atoms with van der Waals surface area (Å²) in [5, 5.41) is 3.14. The fourth-order valence-corrected chi connectivity index (χ4v) is 1.33. The Morgan fingerprint density at radius 2 is 2.58 bits per heavy atom. The Bertz CT molecular complexity index is 261. The molecule has 1 atom stereocenters. The van der Waals surface area contributed by atoms with Crippen LogP contribution in [0.1, 0.15) is 11.4 Å². The number of H-pyrrole nitrogens is 1. The van der Waals surface area contributed by atoms with E-state index in [9.17, 15) is 0 Å². The lowest BCUT2D eigenvalue weighted by Crippen LogP contribution is -2.37.